The molecule has 0 spiro atoms. The van der Waals surface area contributed by atoms with Crippen molar-refractivity contribution < 1.29 is 10.0 Å². The van der Waals surface area contributed by atoms with E-state index in [2.05, 4.69) is 493 Å². The molecule has 4 aliphatic rings. The average molecular weight is 2180 g/mol. The van der Waals surface area contributed by atoms with Gasteiger partial charge < -0.3 is 29.5 Å². The summed E-state index contributed by atoms with van der Waals surface area (Å²) in [6.07, 6.45) is 10.4. The van der Waals surface area contributed by atoms with E-state index in [1.807, 2.05) is 72.8 Å². The normalized spacial score (nSPS) is 12.5. The molecule has 6 nitrogen and oxygen atoms in total. The number of allylic oxidation sites excluding steroid dienone is 6. The molecule has 666 valence electrons. The van der Waals surface area contributed by atoms with Crippen molar-refractivity contribution in [3.8, 4) is 50.4 Å². The number of rotatable bonds is 5. The van der Waals surface area contributed by atoms with Crippen LogP contribution in [0.25, 0.3) is 121 Å². The lowest BCUT2D eigenvalue weighted by atomic mass is 9.81. The minimum Gasteiger partial charge on any atom is -0.423 e. The second kappa shape index (κ2) is 43.2. The molecule has 0 fully saturated rings. The fourth-order valence-electron chi connectivity index (χ4n) is 18.3. The third-order valence-electron chi connectivity index (χ3n) is 24.8. The fourth-order valence-corrected chi connectivity index (χ4v) is 20.4. The summed E-state index contributed by atoms with van der Waals surface area (Å²) >= 11 is 28.1. The van der Waals surface area contributed by atoms with Crippen LogP contribution >= 0.6 is 110 Å². The first-order valence-corrected chi connectivity index (χ1v) is 49.9. The molecule has 0 aliphatic heterocycles. The molecule has 4 N–H and O–H groups in total. The van der Waals surface area contributed by atoms with Crippen LogP contribution in [0.1, 0.15) is 66.6 Å². The fraction of sp³-hybridized carbons (Fsp3) is 0.0656. The van der Waals surface area contributed by atoms with Gasteiger partial charge in [-0.1, -0.05) is 369 Å². The standard InChI is InChI=1S/C21H17Cl.C19H14BrN.C18H11Br2N.C18H13N.C15H13Br.C13H9.C6H6BClO2.C6H5I.C6H7N/c1-21(2)19-6-4-3-5-17(19)18-12-9-15(13-20(18)21)14-7-10-16(22)11-8-14;1-13-7-9-18-16(11-13)17-12-14(20)8-10-19(17)21(18)15-5-3-2-4-6-15;19-12-6-8-17-15(10-12)16-11-13(20)7-9-18(16)21(17)14-4-2-1-3-5-14;1-2-8-14(9-3-1)19-17-12-6-4-10-15(17)16-11-5-7-13-18(16)19;1-15(2)13-6-4-3-5-11(13)12-8-7-10(16)9-14(12)15;1-3-7-12-10(5-1)9-11-6-2-4-8-13(11)12;8-6-3-1-5(2-4-6)7(9)10;2*7-6-4-2-1-3-5-6/h3-13H,1-2H3;2-12H,1H3;1-11H;1-13H;3-9H,1-2H3;1,3-8H,9H2;1-4,9-10H;1-5H;1-5H,7H2/q;;;;;+1;;;. The number of nitrogen functional groups attached to an aromatic ring is 1. The number of hydrogen-bond donors (Lipinski definition) is 3. The molecular weight excluding hydrogens is 2080 g/mol. The zero-order valence-electron chi connectivity index (χ0n) is 75.5. The van der Waals surface area contributed by atoms with Gasteiger partial charge in [0.25, 0.3) is 0 Å². The Kier molecular flexibility index (Phi) is 30.3. The smallest absolute Gasteiger partial charge is 0.423 e. The Morgan fingerprint density at radius 3 is 1.14 bits per heavy atom. The molecule has 0 radical (unpaired) electrons. The van der Waals surface area contributed by atoms with Crippen LogP contribution in [0.5, 0.6) is 0 Å². The highest BCUT2D eigenvalue weighted by molar-refractivity contribution is 14.1. The van der Waals surface area contributed by atoms with Crippen LogP contribution in [0, 0.1) is 16.6 Å². The highest BCUT2D eigenvalue weighted by atomic mass is 127. The van der Waals surface area contributed by atoms with Gasteiger partial charge in [-0.3, -0.25) is 0 Å². The van der Waals surface area contributed by atoms with Crippen molar-refractivity contribution in [2.24, 2.45) is 0 Å². The van der Waals surface area contributed by atoms with Crippen LogP contribution in [0.15, 0.2) is 472 Å². The van der Waals surface area contributed by atoms with Crippen molar-refractivity contribution in [1.29, 1.82) is 0 Å². The molecule has 21 aromatic rings. The van der Waals surface area contributed by atoms with Gasteiger partial charge in [-0.05, 0) is 278 Å². The summed E-state index contributed by atoms with van der Waals surface area (Å²) in [6.45, 7) is 11.4. The molecule has 18 aromatic carbocycles. The summed E-state index contributed by atoms with van der Waals surface area (Å²) < 4.78 is 12.7. The number of anilines is 1. The van der Waals surface area contributed by atoms with Gasteiger partial charge in [-0.15, -0.1) is 0 Å². The summed E-state index contributed by atoms with van der Waals surface area (Å²) in [5.74, 6) is 0. The minimum atomic E-state index is -1.41. The first-order valence-electron chi connectivity index (χ1n) is 44.9. The van der Waals surface area contributed by atoms with Gasteiger partial charge >= 0.3 is 7.12 Å². The van der Waals surface area contributed by atoms with Crippen LogP contribution in [0.4, 0.5) is 5.69 Å². The minimum absolute atomic E-state index is 0.0500. The predicted molar refractivity (Wildman–Crippen MR) is 602 cm³/mol. The number of benzene rings is 18. The van der Waals surface area contributed by atoms with Crippen LogP contribution in [-0.2, 0) is 17.3 Å². The largest absolute Gasteiger partial charge is 0.488 e. The lowest BCUT2D eigenvalue weighted by Crippen LogP contribution is -2.29. The first-order chi connectivity index (χ1) is 66.0. The Hall–Kier alpha value is -12.5. The van der Waals surface area contributed by atoms with Crippen molar-refractivity contribution in [2.45, 2.75) is 51.9 Å². The number of aryl methyl sites for hydroxylation is 1. The molecule has 0 unspecified atom stereocenters. The Morgan fingerprint density at radius 2 is 0.691 bits per heavy atom. The van der Waals surface area contributed by atoms with Crippen molar-refractivity contribution in [2.75, 3.05) is 5.73 Å². The maximum atomic E-state index is 8.63. The van der Waals surface area contributed by atoms with E-state index < -0.39 is 7.12 Å². The Morgan fingerprint density at radius 1 is 0.338 bits per heavy atom. The highest BCUT2D eigenvalue weighted by Gasteiger charge is 2.37. The molecule has 25 rings (SSSR count). The van der Waals surface area contributed by atoms with Crippen molar-refractivity contribution >= 4 is 199 Å². The average Bonchev–Trinajstić information content (AvgIpc) is 1.61. The van der Waals surface area contributed by atoms with E-state index in [1.54, 1.807) is 24.3 Å². The van der Waals surface area contributed by atoms with Crippen LogP contribution < -0.4 is 11.2 Å². The number of para-hydroxylation sites is 6. The van der Waals surface area contributed by atoms with Gasteiger partial charge in [0.1, 0.15) is 12.2 Å². The topological polar surface area (TPSA) is 81.3 Å². The molecule has 0 atom stereocenters. The van der Waals surface area contributed by atoms with E-state index >= 15 is 0 Å². The maximum Gasteiger partial charge on any atom is 0.488 e. The molecule has 14 heteroatoms. The Labute approximate surface area is 853 Å². The lowest BCUT2D eigenvalue weighted by Gasteiger charge is -2.22. The van der Waals surface area contributed by atoms with E-state index in [1.165, 1.54) is 170 Å². The quantitative estimate of drug-likeness (QED) is 0.0695. The number of nitrogens with zero attached hydrogens (tertiary/aromatic N) is 3. The summed E-state index contributed by atoms with van der Waals surface area (Å²) in [4.78, 5) is 0. The third kappa shape index (κ3) is 21.3. The van der Waals surface area contributed by atoms with Gasteiger partial charge in [-0.2, -0.15) is 0 Å². The third-order valence-corrected chi connectivity index (χ3v) is 28.0. The highest BCUT2D eigenvalue weighted by Crippen LogP contribution is 2.52. The zero-order chi connectivity index (χ0) is 94.6. The number of hydrogen-bond acceptors (Lipinski definition) is 3. The second-order valence-corrected chi connectivity index (χ2v) is 40.2. The van der Waals surface area contributed by atoms with Gasteiger partial charge in [0.05, 0.1) is 50.3 Å². The molecule has 136 heavy (non-hydrogen) atoms. The molecule has 0 amide bonds. The Balaban J connectivity index is 0.000000108. The summed E-state index contributed by atoms with van der Waals surface area (Å²) in [7, 11) is -1.41. The summed E-state index contributed by atoms with van der Waals surface area (Å²) in [5, 5.41) is 26.3. The SMILES string of the molecule is Brc1ccc2c(c1)c1cc(Br)ccc1n2-c1ccccc1.CC1(C)c2ccccc2-c2ccc(-c3ccc(Cl)cc3)cc21.CC1(C)c2ccccc2-c2ccc(Br)cc21.Cc1ccc2c(c1)c1cc(Br)ccc1n2-c1ccccc1.Ic1ccccc1.Nc1ccccc1.OB(O)c1ccc(Cl)cc1.[C+]1=CC2=C(C=C1)c1ccccc1C2.c1ccc(-n2c3ccccc3c3ccccc32)cc1. The Bertz CT molecular complexity index is 7570. The van der Waals surface area contributed by atoms with Crippen molar-refractivity contribution in [3.05, 3.63) is 531 Å². The van der Waals surface area contributed by atoms with E-state index in [4.69, 9.17) is 39.0 Å². The molecule has 0 saturated carbocycles. The molecule has 3 aromatic heterocycles. The van der Waals surface area contributed by atoms with Gasteiger partial charge in [-0.25, -0.2) is 0 Å². The molecular formula is C122H95BBr4Cl2IN4O2+. The number of fused-ring (bicyclic) bond motifs is 17. The molecule has 0 bridgehead atoms. The monoisotopic (exact) mass is 2170 g/mol. The van der Waals surface area contributed by atoms with E-state index in [0.717, 1.165) is 35.0 Å². The molecule has 4 aliphatic carbocycles. The summed E-state index contributed by atoms with van der Waals surface area (Å²) in [6, 6.07) is 148. The number of halogens is 7. The van der Waals surface area contributed by atoms with Gasteiger partial charge in [0, 0.05) is 115 Å². The van der Waals surface area contributed by atoms with E-state index in [-0.39, 0.29) is 10.8 Å². The number of aromatic nitrogens is 3. The number of nitrogens with two attached hydrogens (primary N) is 1. The van der Waals surface area contributed by atoms with E-state index in [0.29, 0.717) is 10.5 Å². The second-order valence-electron chi connectivity index (χ2n) is 34.4. The van der Waals surface area contributed by atoms with E-state index in [9.17, 15) is 0 Å². The van der Waals surface area contributed by atoms with Gasteiger partial charge in [0.2, 0.25) is 0 Å². The van der Waals surface area contributed by atoms with Gasteiger partial charge in [0.15, 0.2) is 0 Å². The first kappa shape index (κ1) is 95.2. The molecule has 3 heterocycles. The zero-order valence-corrected chi connectivity index (χ0v) is 85.5. The maximum absolute atomic E-state index is 8.63. The van der Waals surface area contributed by atoms with Crippen LogP contribution in [0.3, 0.4) is 0 Å². The lowest BCUT2D eigenvalue weighted by molar-refractivity contribution is 0.426. The van der Waals surface area contributed by atoms with Crippen molar-refractivity contribution in [1.82, 2.24) is 13.7 Å². The predicted octanol–water partition coefficient (Wildman–Crippen LogP) is 34.5. The van der Waals surface area contributed by atoms with Crippen LogP contribution in [0.2, 0.25) is 10.0 Å². The summed E-state index contributed by atoms with van der Waals surface area (Å²) in [5.41, 5.74) is 38.4. The van der Waals surface area contributed by atoms with Crippen LogP contribution in [-0.4, -0.2) is 30.9 Å². The van der Waals surface area contributed by atoms with Crippen molar-refractivity contribution in [3.63, 3.8) is 0 Å². The molecule has 0 saturated heterocycles.